The summed E-state index contributed by atoms with van der Waals surface area (Å²) in [7, 11) is 0. The number of hydrogen-bond acceptors (Lipinski definition) is 5. The first kappa shape index (κ1) is 19.8. The highest BCUT2D eigenvalue weighted by molar-refractivity contribution is 5.92. The Morgan fingerprint density at radius 2 is 1.97 bits per heavy atom. The molecule has 0 fully saturated rings. The van der Waals surface area contributed by atoms with Crippen LogP contribution in [0.5, 0.6) is 0 Å². The van der Waals surface area contributed by atoms with Gasteiger partial charge in [0.25, 0.3) is 5.91 Å². The third-order valence-corrected chi connectivity index (χ3v) is 4.46. The Balaban J connectivity index is 1.49. The second kappa shape index (κ2) is 8.51. The molecule has 0 radical (unpaired) electrons. The Hall–Kier alpha value is -4.45. The topological polar surface area (TPSA) is 96.5 Å². The van der Waals surface area contributed by atoms with E-state index in [1.807, 2.05) is 0 Å². The van der Waals surface area contributed by atoms with E-state index in [1.54, 1.807) is 42.6 Å². The van der Waals surface area contributed by atoms with E-state index in [2.05, 4.69) is 20.4 Å². The molecule has 4 aromatic rings. The predicted octanol–water partition coefficient (Wildman–Crippen LogP) is 3.41. The summed E-state index contributed by atoms with van der Waals surface area (Å²) in [5.74, 6) is -1.68. The van der Waals surface area contributed by atoms with Crippen LogP contribution in [0.15, 0.2) is 67.1 Å². The van der Waals surface area contributed by atoms with Gasteiger partial charge in [0, 0.05) is 24.0 Å². The van der Waals surface area contributed by atoms with Crippen LogP contribution < -0.4 is 5.32 Å². The van der Waals surface area contributed by atoms with Crippen LogP contribution in [0.1, 0.15) is 21.7 Å². The number of carbonyl (C=O) groups excluding carboxylic acids is 1. The number of amides is 1. The van der Waals surface area contributed by atoms with Crippen molar-refractivity contribution in [2.45, 2.75) is 6.54 Å². The van der Waals surface area contributed by atoms with Crippen LogP contribution in [0.25, 0.3) is 16.9 Å². The van der Waals surface area contributed by atoms with Crippen molar-refractivity contribution in [1.82, 2.24) is 25.1 Å². The van der Waals surface area contributed by atoms with Crippen LogP contribution in [-0.2, 0) is 6.54 Å². The van der Waals surface area contributed by atoms with Gasteiger partial charge in [-0.25, -0.2) is 13.5 Å². The lowest BCUT2D eigenvalue weighted by Crippen LogP contribution is -2.24. The predicted molar refractivity (Wildman–Crippen MR) is 107 cm³/mol. The molecule has 0 aliphatic carbocycles. The summed E-state index contributed by atoms with van der Waals surface area (Å²) in [4.78, 5) is 20.0. The molecule has 152 valence electrons. The molecule has 0 saturated heterocycles. The molecule has 1 aromatic carbocycles. The van der Waals surface area contributed by atoms with E-state index in [1.165, 1.54) is 35.3 Å². The molecule has 0 saturated carbocycles. The maximum atomic E-state index is 14.5. The van der Waals surface area contributed by atoms with Crippen molar-refractivity contribution in [1.29, 1.82) is 5.26 Å². The molecular weight excluding hydrogens is 402 g/mol. The number of nitrogens with one attached hydrogen (secondary N) is 1. The fourth-order valence-electron chi connectivity index (χ4n) is 2.85. The molecule has 7 nitrogen and oxygen atoms in total. The lowest BCUT2D eigenvalue weighted by Gasteiger charge is -2.07. The molecule has 0 unspecified atom stereocenters. The third kappa shape index (κ3) is 4.28. The minimum absolute atomic E-state index is 0.0554. The summed E-state index contributed by atoms with van der Waals surface area (Å²) in [5.41, 5.74) is 1.53. The fourth-order valence-corrected chi connectivity index (χ4v) is 2.85. The summed E-state index contributed by atoms with van der Waals surface area (Å²) in [6.07, 6.45) is 4.50. The molecule has 0 aliphatic heterocycles. The smallest absolute Gasteiger partial charge is 0.270 e. The number of aromatic nitrogens is 4. The van der Waals surface area contributed by atoms with Gasteiger partial charge < -0.3 is 5.32 Å². The van der Waals surface area contributed by atoms with E-state index in [0.29, 0.717) is 16.9 Å². The highest BCUT2D eigenvalue weighted by atomic mass is 19.1. The summed E-state index contributed by atoms with van der Waals surface area (Å²) in [6.45, 7) is -0.101. The Labute approximate surface area is 175 Å². The van der Waals surface area contributed by atoms with E-state index in [4.69, 9.17) is 5.26 Å². The van der Waals surface area contributed by atoms with Crippen molar-refractivity contribution < 1.29 is 13.6 Å². The number of rotatable bonds is 5. The van der Waals surface area contributed by atoms with Crippen LogP contribution >= 0.6 is 0 Å². The second-order valence-electron chi connectivity index (χ2n) is 6.47. The Morgan fingerprint density at radius 3 is 2.68 bits per heavy atom. The van der Waals surface area contributed by atoms with Crippen molar-refractivity contribution in [2.24, 2.45) is 0 Å². The van der Waals surface area contributed by atoms with Gasteiger partial charge in [0.2, 0.25) is 0 Å². The molecule has 3 heterocycles. The highest BCUT2D eigenvalue weighted by Crippen LogP contribution is 2.21. The van der Waals surface area contributed by atoms with Gasteiger partial charge in [-0.15, -0.1) is 0 Å². The largest absolute Gasteiger partial charge is 0.345 e. The average molecular weight is 416 g/mol. The summed E-state index contributed by atoms with van der Waals surface area (Å²) in [6, 6.07) is 13.7. The van der Waals surface area contributed by atoms with Crippen LogP contribution in [0, 0.1) is 23.0 Å². The summed E-state index contributed by atoms with van der Waals surface area (Å²) < 4.78 is 29.8. The highest BCUT2D eigenvalue weighted by Gasteiger charge is 2.12. The first-order valence-corrected chi connectivity index (χ1v) is 9.15. The molecule has 3 aromatic heterocycles. The van der Waals surface area contributed by atoms with Crippen molar-refractivity contribution in [2.75, 3.05) is 0 Å². The number of benzene rings is 1. The maximum absolute atomic E-state index is 14.5. The van der Waals surface area contributed by atoms with Crippen LogP contribution in [0.4, 0.5) is 8.78 Å². The van der Waals surface area contributed by atoms with E-state index in [-0.39, 0.29) is 23.5 Å². The lowest BCUT2D eigenvalue weighted by atomic mass is 10.1. The van der Waals surface area contributed by atoms with Gasteiger partial charge in [0.1, 0.15) is 23.4 Å². The Morgan fingerprint density at radius 1 is 1.10 bits per heavy atom. The van der Waals surface area contributed by atoms with Gasteiger partial charge in [-0.05, 0) is 30.3 Å². The van der Waals surface area contributed by atoms with Gasteiger partial charge in [-0.3, -0.25) is 14.8 Å². The Bertz CT molecular complexity index is 1300. The lowest BCUT2D eigenvalue weighted by molar-refractivity contribution is 0.0945. The average Bonchev–Trinajstić information content (AvgIpc) is 3.29. The maximum Gasteiger partial charge on any atom is 0.270 e. The fraction of sp³-hybridized carbons (Fsp3) is 0.0455. The van der Waals surface area contributed by atoms with E-state index >= 15 is 0 Å². The van der Waals surface area contributed by atoms with Gasteiger partial charge in [0.05, 0.1) is 35.4 Å². The molecule has 1 N–H and O–H groups in total. The van der Waals surface area contributed by atoms with Gasteiger partial charge in [-0.1, -0.05) is 12.1 Å². The van der Waals surface area contributed by atoms with Gasteiger partial charge >= 0.3 is 0 Å². The molecule has 9 heteroatoms. The van der Waals surface area contributed by atoms with E-state index in [0.717, 1.165) is 0 Å². The van der Waals surface area contributed by atoms with Gasteiger partial charge in [0.15, 0.2) is 0 Å². The number of pyridine rings is 2. The zero-order chi connectivity index (χ0) is 21.8. The summed E-state index contributed by atoms with van der Waals surface area (Å²) >= 11 is 0. The minimum Gasteiger partial charge on any atom is -0.345 e. The molecule has 31 heavy (non-hydrogen) atoms. The van der Waals surface area contributed by atoms with Crippen molar-refractivity contribution in [3.05, 3.63) is 95.7 Å². The molecule has 4 rings (SSSR count). The zero-order valence-electron chi connectivity index (χ0n) is 16.0. The van der Waals surface area contributed by atoms with Crippen LogP contribution in [-0.4, -0.2) is 25.7 Å². The third-order valence-electron chi connectivity index (χ3n) is 4.46. The second-order valence-corrected chi connectivity index (χ2v) is 6.47. The summed E-state index contributed by atoms with van der Waals surface area (Å²) in [5, 5.41) is 15.7. The van der Waals surface area contributed by atoms with Crippen molar-refractivity contribution >= 4 is 5.91 Å². The Kier molecular flexibility index (Phi) is 5.45. The standard InChI is InChI=1S/C22H14F2N6O/c23-17-9-14(4-5-15(17)11-25)19-6-8-30(29-19)16-10-18(24)21(27-12-16)13-28-22(31)20-3-1-2-7-26-20/h1-10,12H,13H2,(H,28,31). The molecular formula is C22H14F2N6O. The zero-order valence-corrected chi connectivity index (χ0v) is 16.0. The minimum atomic E-state index is -0.639. The van der Waals surface area contributed by atoms with Crippen LogP contribution in [0.2, 0.25) is 0 Å². The SMILES string of the molecule is N#Cc1ccc(-c2ccn(-c3cnc(CNC(=O)c4ccccn4)c(F)c3)n2)cc1F. The van der Waals surface area contributed by atoms with E-state index < -0.39 is 17.5 Å². The molecule has 0 spiro atoms. The molecule has 0 aliphatic rings. The van der Waals surface area contributed by atoms with Gasteiger partial charge in [-0.2, -0.15) is 10.4 Å². The quantitative estimate of drug-likeness (QED) is 0.538. The molecule has 0 bridgehead atoms. The molecule has 1 amide bonds. The van der Waals surface area contributed by atoms with Crippen molar-refractivity contribution in [3.8, 4) is 23.0 Å². The number of nitriles is 1. The first-order chi connectivity index (χ1) is 15.0. The van der Waals surface area contributed by atoms with E-state index in [9.17, 15) is 13.6 Å². The monoisotopic (exact) mass is 416 g/mol. The number of hydrogen-bond donors (Lipinski definition) is 1. The van der Waals surface area contributed by atoms with Crippen LogP contribution in [0.3, 0.4) is 0 Å². The van der Waals surface area contributed by atoms with Crippen molar-refractivity contribution in [3.63, 3.8) is 0 Å². The molecule has 0 atom stereocenters. The number of halogens is 2. The number of carbonyl (C=O) groups is 1. The normalized spacial score (nSPS) is 10.5. The first-order valence-electron chi connectivity index (χ1n) is 9.15. The number of nitrogens with zero attached hydrogens (tertiary/aromatic N) is 5.